The van der Waals surface area contributed by atoms with Crippen LogP contribution in [0.3, 0.4) is 0 Å². The Balaban J connectivity index is 2.61. The molecule has 0 heterocycles. The van der Waals surface area contributed by atoms with Crippen LogP contribution < -0.4 is 0 Å². The quantitative estimate of drug-likeness (QED) is 0.737. The third kappa shape index (κ3) is 3.85. The van der Waals surface area contributed by atoms with Crippen LogP contribution in [0.25, 0.3) is 0 Å². The lowest BCUT2D eigenvalue weighted by Gasteiger charge is -2.18. The Bertz CT molecular complexity index is 393. The Hall–Kier alpha value is -1.14. The Kier molecular flexibility index (Phi) is 3.65. The molecule has 0 aromatic rings. The van der Waals surface area contributed by atoms with Gasteiger partial charge < -0.3 is 4.18 Å². The minimum atomic E-state index is -4.70. The van der Waals surface area contributed by atoms with Gasteiger partial charge in [0.05, 0.1) is 5.92 Å². The van der Waals surface area contributed by atoms with Crippen LogP contribution in [0, 0.1) is 11.8 Å². The van der Waals surface area contributed by atoms with E-state index < -0.39 is 22.3 Å². The average Bonchev–Trinajstić information content (AvgIpc) is 2.15. The van der Waals surface area contributed by atoms with Crippen LogP contribution >= 0.6 is 0 Å². The molecule has 2 unspecified atom stereocenters. The van der Waals surface area contributed by atoms with Gasteiger partial charge in [-0.3, -0.25) is 9.35 Å². The van der Waals surface area contributed by atoms with Crippen molar-refractivity contribution < 1.29 is 21.9 Å². The van der Waals surface area contributed by atoms with Crippen molar-refractivity contribution in [1.29, 1.82) is 0 Å². The van der Waals surface area contributed by atoms with Crippen molar-refractivity contribution in [2.75, 3.05) is 0 Å². The second-order valence-corrected chi connectivity index (χ2v) is 4.35. The maximum atomic E-state index is 11.2. The minimum Gasteiger partial charge on any atom is -0.325 e. The standard InChI is InChI=1S/C9H12O5S/c1-7(8-5-3-2-4-6-8)9(10)14-15(11,12)13/h2-5,7-8H,6H2,1H3,(H,11,12,13). The summed E-state index contributed by atoms with van der Waals surface area (Å²) in [6.45, 7) is 1.56. The number of hydrogen-bond donors (Lipinski definition) is 1. The van der Waals surface area contributed by atoms with Crippen LogP contribution in [-0.4, -0.2) is 18.9 Å². The maximum Gasteiger partial charge on any atom is 0.448 e. The molecule has 1 N–H and O–H groups in total. The molecule has 0 saturated carbocycles. The highest BCUT2D eigenvalue weighted by Gasteiger charge is 2.26. The van der Waals surface area contributed by atoms with Gasteiger partial charge in [0.25, 0.3) is 0 Å². The first-order valence-electron chi connectivity index (χ1n) is 4.44. The Morgan fingerprint density at radius 3 is 2.67 bits per heavy atom. The summed E-state index contributed by atoms with van der Waals surface area (Å²) >= 11 is 0. The summed E-state index contributed by atoms with van der Waals surface area (Å²) in [6.07, 6.45) is 7.96. The molecular weight excluding hydrogens is 220 g/mol. The van der Waals surface area contributed by atoms with E-state index in [1.807, 2.05) is 12.2 Å². The molecule has 0 bridgehead atoms. The molecule has 15 heavy (non-hydrogen) atoms. The number of hydrogen-bond acceptors (Lipinski definition) is 4. The van der Waals surface area contributed by atoms with E-state index in [2.05, 4.69) is 4.18 Å². The van der Waals surface area contributed by atoms with E-state index in [1.165, 1.54) is 0 Å². The van der Waals surface area contributed by atoms with E-state index in [-0.39, 0.29) is 5.92 Å². The zero-order chi connectivity index (χ0) is 11.5. The normalized spacial score (nSPS) is 22.4. The van der Waals surface area contributed by atoms with Crippen molar-refractivity contribution in [2.45, 2.75) is 13.3 Å². The maximum absolute atomic E-state index is 11.2. The lowest BCUT2D eigenvalue weighted by molar-refractivity contribution is -0.139. The first-order valence-corrected chi connectivity index (χ1v) is 5.81. The largest absolute Gasteiger partial charge is 0.448 e. The molecular formula is C9H12O5S. The monoisotopic (exact) mass is 232 g/mol. The molecule has 1 rings (SSSR count). The van der Waals surface area contributed by atoms with Gasteiger partial charge in [0, 0.05) is 0 Å². The number of allylic oxidation sites excluding steroid dienone is 4. The summed E-state index contributed by atoms with van der Waals surface area (Å²) in [4.78, 5) is 11.2. The fourth-order valence-corrected chi connectivity index (χ4v) is 1.68. The van der Waals surface area contributed by atoms with Gasteiger partial charge in [0.15, 0.2) is 0 Å². The van der Waals surface area contributed by atoms with E-state index in [0.717, 1.165) is 0 Å². The van der Waals surface area contributed by atoms with Crippen LogP contribution in [0.15, 0.2) is 24.3 Å². The van der Waals surface area contributed by atoms with E-state index in [1.54, 1.807) is 19.1 Å². The highest BCUT2D eigenvalue weighted by Crippen LogP contribution is 2.22. The van der Waals surface area contributed by atoms with Gasteiger partial charge in [0.2, 0.25) is 0 Å². The van der Waals surface area contributed by atoms with Crippen molar-refractivity contribution in [2.24, 2.45) is 11.8 Å². The topological polar surface area (TPSA) is 80.7 Å². The van der Waals surface area contributed by atoms with Crippen molar-refractivity contribution in [3.05, 3.63) is 24.3 Å². The fourth-order valence-electron chi connectivity index (χ4n) is 1.32. The highest BCUT2D eigenvalue weighted by atomic mass is 32.3. The van der Waals surface area contributed by atoms with Crippen LogP contribution in [-0.2, 0) is 19.4 Å². The fraction of sp³-hybridized carbons (Fsp3) is 0.444. The molecule has 0 radical (unpaired) electrons. The van der Waals surface area contributed by atoms with Crippen LogP contribution in [0.4, 0.5) is 0 Å². The molecule has 0 spiro atoms. The molecule has 6 heteroatoms. The van der Waals surface area contributed by atoms with Crippen molar-refractivity contribution in [1.82, 2.24) is 0 Å². The second-order valence-electron chi connectivity index (χ2n) is 3.33. The van der Waals surface area contributed by atoms with Gasteiger partial charge in [0.1, 0.15) is 0 Å². The molecule has 0 saturated heterocycles. The average molecular weight is 232 g/mol. The highest BCUT2D eigenvalue weighted by molar-refractivity contribution is 7.81. The molecule has 0 aromatic carbocycles. The molecule has 1 aliphatic rings. The number of carbonyl (C=O) groups is 1. The Morgan fingerprint density at radius 2 is 2.20 bits per heavy atom. The summed E-state index contributed by atoms with van der Waals surface area (Å²) in [5, 5.41) is 0. The molecule has 5 nitrogen and oxygen atoms in total. The van der Waals surface area contributed by atoms with Crippen molar-refractivity contribution in [3.8, 4) is 0 Å². The zero-order valence-electron chi connectivity index (χ0n) is 8.16. The van der Waals surface area contributed by atoms with E-state index in [4.69, 9.17) is 4.55 Å². The van der Waals surface area contributed by atoms with Gasteiger partial charge >= 0.3 is 16.4 Å². The lowest BCUT2D eigenvalue weighted by atomic mass is 9.88. The summed E-state index contributed by atoms with van der Waals surface area (Å²) in [5.41, 5.74) is 0. The van der Waals surface area contributed by atoms with Gasteiger partial charge in [-0.1, -0.05) is 31.2 Å². The summed E-state index contributed by atoms with van der Waals surface area (Å²) in [7, 11) is -4.70. The van der Waals surface area contributed by atoms with Crippen molar-refractivity contribution >= 4 is 16.4 Å². The van der Waals surface area contributed by atoms with Crippen LogP contribution in [0.1, 0.15) is 13.3 Å². The van der Waals surface area contributed by atoms with Crippen LogP contribution in [0.2, 0.25) is 0 Å². The van der Waals surface area contributed by atoms with Crippen molar-refractivity contribution in [3.63, 3.8) is 0 Å². The minimum absolute atomic E-state index is 0.0933. The molecule has 2 atom stereocenters. The molecule has 84 valence electrons. The first-order chi connectivity index (χ1) is 6.90. The van der Waals surface area contributed by atoms with E-state index >= 15 is 0 Å². The van der Waals surface area contributed by atoms with Gasteiger partial charge in [-0.15, -0.1) is 0 Å². The summed E-state index contributed by atoms with van der Waals surface area (Å²) in [5.74, 6) is -1.64. The molecule has 1 aliphatic carbocycles. The smallest absolute Gasteiger partial charge is 0.325 e. The van der Waals surface area contributed by atoms with Gasteiger partial charge in [-0.25, -0.2) is 0 Å². The first kappa shape index (κ1) is 11.9. The van der Waals surface area contributed by atoms with E-state index in [0.29, 0.717) is 6.42 Å². The predicted octanol–water partition coefficient (Wildman–Crippen LogP) is 1.10. The van der Waals surface area contributed by atoms with Gasteiger partial charge in [-0.05, 0) is 12.3 Å². The zero-order valence-corrected chi connectivity index (χ0v) is 8.98. The second kappa shape index (κ2) is 4.59. The van der Waals surface area contributed by atoms with Crippen LogP contribution in [0.5, 0.6) is 0 Å². The summed E-state index contributed by atoms with van der Waals surface area (Å²) < 4.78 is 32.8. The molecule has 0 aliphatic heterocycles. The molecule has 0 amide bonds. The third-order valence-electron chi connectivity index (χ3n) is 2.22. The predicted molar refractivity (Wildman–Crippen MR) is 53.2 cm³/mol. The van der Waals surface area contributed by atoms with E-state index in [9.17, 15) is 13.2 Å². The molecule has 0 fully saturated rings. The third-order valence-corrected chi connectivity index (χ3v) is 2.59. The number of rotatable bonds is 3. The Labute approximate surface area is 88.4 Å². The number of carbonyl (C=O) groups excluding carboxylic acids is 1. The summed E-state index contributed by atoms with van der Waals surface area (Å²) in [6, 6.07) is 0. The lowest BCUT2D eigenvalue weighted by Crippen LogP contribution is -2.24. The molecule has 0 aromatic heterocycles. The SMILES string of the molecule is CC(C(=O)OS(=O)(=O)O)C1C=CC=CC1. The Morgan fingerprint density at radius 1 is 1.53 bits per heavy atom. The van der Waals surface area contributed by atoms with Gasteiger partial charge in [-0.2, -0.15) is 8.42 Å².